The number of aryl methyl sites for hydroxylation is 1. The SMILES string of the molecule is O=S(=O)(Cc1ccccc1)ON=C1CCCc2cc(Cl)cc(F)c21. The summed E-state index contributed by atoms with van der Waals surface area (Å²) in [5.74, 6) is -0.805. The van der Waals surface area contributed by atoms with Crippen molar-refractivity contribution in [3.8, 4) is 0 Å². The number of hydrogen-bond donors (Lipinski definition) is 0. The molecule has 2 aromatic rings. The Labute approximate surface area is 145 Å². The lowest BCUT2D eigenvalue weighted by molar-refractivity contribution is 0.336. The van der Waals surface area contributed by atoms with Gasteiger partial charge in [-0.05, 0) is 42.5 Å². The fourth-order valence-corrected chi connectivity index (χ4v) is 3.80. The number of oxime groups is 1. The van der Waals surface area contributed by atoms with Crippen molar-refractivity contribution < 1.29 is 17.1 Å². The lowest BCUT2D eigenvalue weighted by Gasteiger charge is -2.18. The molecule has 1 aliphatic carbocycles. The topological polar surface area (TPSA) is 55.7 Å². The van der Waals surface area contributed by atoms with Crippen LogP contribution in [0, 0.1) is 5.82 Å². The molecule has 24 heavy (non-hydrogen) atoms. The van der Waals surface area contributed by atoms with Gasteiger partial charge in [-0.1, -0.05) is 47.1 Å². The highest BCUT2D eigenvalue weighted by atomic mass is 35.5. The standard InChI is InChI=1S/C17H15ClFNO3S/c18-14-9-13-7-4-8-16(17(13)15(19)10-14)20-23-24(21,22)11-12-5-2-1-3-6-12/h1-3,5-6,9-10H,4,7-8,11H2. The van der Waals surface area contributed by atoms with E-state index in [1.165, 1.54) is 6.07 Å². The van der Waals surface area contributed by atoms with E-state index in [1.54, 1.807) is 36.4 Å². The molecule has 4 nitrogen and oxygen atoms in total. The molecule has 0 amide bonds. The van der Waals surface area contributed by atoms with E-state index in [9.17, 15) is 12.8 Å². The second-order valence-electron chi connectivity index (χ2n) is 5.58. The number of benzene rings is 2. The zero-order valence-corrected chi connectivity index (χ0v) is 14.3. The van der Waals surface area contributed by atoms with Crippen molar-refractivity contribution in [1.29, 1.82) is 0 Å². The van der Waals surface area contributed by atoms with Gasteiger partial charge in [-0.3, -0.25) is 4.28 Å². The molecule has 1 aliphatic rings. The maximum atomic E-state index is 14.2. The van der Waals surface area contributed by atoms with Crippen molar-refractivity contribution in [2.75, 3.05) is 0 Å². The zero-order chi connectivity index (χ0) is 17.2. The van der Waals surface area contributed by atoms with Crippen molar-refractivity contribution in [1.82, 2.24) is 0 Å². The molecule has 0 aromatic heterocycles. The first-order valence-corrected chi connectivity index (χ1v) is 9.40. The summed E-state index contributed by atoms with van der Waals surface area (Å²) in [5, 5.41) is 4.04. The minimum atomic E-state index is -3.89. The van der Waals surface area contributed by atoms with Crippen molar-refractivity contribution in [2.45, 2.75) is 25.0 Å². The second kappa shape index (κ2) is 6.91. The molecule has 0 bridgehead atoms. The summed E-state index contributed by atoms with van der Waals surface area (Å²) in [6.45, 7) is 0. The number of nitrogens with zero attached hydrogens (tertiary/aromatic N) is 1. The van der Waals surface area contributed by atoms with E-state index < -0.39 is 15.9 Å². The van der Waals surface area contributed by atoms with Crippen LogP contribution in [0.15, 0.2) is 47.6 Å². The number of hydrogen-bond acceptors (Lipinski definition) is 4. The van der Waals surface area contributed by atoms with E-state index in [2.05, 4.69) is 5.16 Å². The maximum absolute atomic E-state index is 14.2. The van der Waals surface area contributed by atoms with Crippen LogP contribution >= 0.6 is 11.6 Å². The third kappa shape index (κ3) is 3.94. The Balaban J connectivity index is 1.83. The van der Waals surface area contributed by atoms with Gasteiger partial charge >= 0.3 is 10.1 Å². The van der Waals surface area contributed by atoms with Crippen LogP contribution in [0.1, 0.15) is 29.5 Å². The molecule has 126 valence electrons. The number of fused-ring (bicyclic) bond motifs is 1. The Bertz CT molecular complexity index is 882. The summed E-state index contributed by atoms with van der Waals surface area (Å²) in [6.07, 6.45) is 1.85. The second-order valence-corrected chi connectivity index (χ2v) is 7.56. The van der Waals surface area contributed by atoms with Gasteiger partial charge in [0.05, 0.1) is 5.71 Å². The van der Waals surface area contributed by atoms with Gasteiger partial charge in [0.1, 0.15) is 11.6 Å². The first-order valence-electron chi connectivity index (χ1n) is 7.45. The maximum Gasteiger partial charge on any atom is 0.332 e. The van der Waals surface area contributed by atoms with Gasteiger partial charge in [-0.25, -0.2) is 4.39 Å². The smallest absolute Gasteiger partial charge is 0.268 e. The Morgan fingerprint density at radius 1 is 1.17 bits per heavy atom. The molecule has 0 radical (unpaired) electrons. The molecule has 0 fully saturated rings. The molecule has 0 heterocycles. The summed E-state index contributed by atoms with van der Waals surface area (Å²) < 4.78 is 43.1. The highest BCUT2D eigenvalue weighted by Crippen LogP contribution is 2.28. The van der Waals surface area contributed by atoms with Gasteiger partial charge in [-0.15, -0.1) is 0 Å². The minimum absolute atomic E-state index is 0.291. The van der Waals surface area contributed by atoms with E-state index in [0.717, 1.165) is 6.42 Å². The summed E-state index contributed by atoms with van der Waals surface area (Å²) >= 11 is 5.86. The normalized spacial score (nSPS) is 16.0. The monoisotopic (exact) mass is 367 g/mol. The van der Waals surface area contributed by atoms with E-state index in [-0.39, 0.29) is 5.75 Å². The fraction of sp³-hybridized carbons (Fsp3) is 0.235. The molecule has 0 saturated heterocycles. The Morgan fingerprint density at radius 3 is 2.67 bits per heavy atom. The fourth-order valence-electron chi connectivity index (χ4n) is 2.72. The molecule has 3 rings (SSSR count). The number of halogens is 2. The van der Waals surface area contributed by atoms with Crippen LogP contribution in [-0.4, -0.2) is 14.1 Å². The van der Waals surface area contributed by atoms with Gasteiger partial charge in [0.25, 0.3) is 0 Å². The third-order valence-corrected chi connectivity index (χ3v) is 4.94. The molecular weight excluding hydrogens is 353 g/mol. The van der Waals surface area contributed by atoms with Crippen LogP contribution in [0.4, 0.5) is 4.39 Å². The molecule has 0 spiro atoms. The molecule has 0 saturated carbocycles. The van der Waals surface area contributed by atoms with E-state index in [4.69, 9.17) is 15.9 Å². The van der Waals surface area contributed by atoms with Crippen LogP contribution in [0.3, 0.4) is 0 Å². The van der Waals surface area contributed by atoms with E-state index in [1.807, 2.05) is 0 Å². The number of rotatable bonds is 4. The molecule has 7 heteroatoms. The quantitative estimate of drug-likeness (QED) is 0.765. The first-order chi connectivity index (χ1) is 11.4. The Kier molecular flexibility index (Phi) is 4.87. The van der Waals surface area contributed by atoms with Crippen LogP contribution in [0.25, 0.3) is 0 Å². The summed E-state index contributed by atoms with van der Waals surface area (Å²) in [5.41, 5.74) is 1.90. The highest BCUT2D eigenvalue weighted by Gasteiger charge is 2.22. The Morgan fingerprint density at radius 2 is 1.92 bits per heavy atom. The average Bonchev–Trinajstić information content (AvgIpc) is 2.53. The van der Waals surface area contributed by atoms with Crippen LogP contribution < -0.4 is 0 Å². The summed E-state index contributed by atoms with van der Waals surface area (Å²) in [7, 11) is -3.89. The van der Waals surface area contributed by atoms with Crippen molar-refractivity contribution in [2.24, 2.45) is 5.16 Å². The molecular formula is C17H15ClFNO3S. The van der Waals surface area contributed by atoms with Crippen LogP contribution in [0.2, 0.25) is 5.02 Å². The largest absolute Gasteiger partial charge is 0.332 e. The minimum Gasteiger partial charge on any atom is -0.268 e. The van der Waals surface area contributed by atoms with Crippen molar-refractivity contribution in [3.63, 3.8) is 0 Å². The predicted molar refractivity (Wildman–Crippen MR) is 91.0 cm³/mol. The Hall–Kier alpha value is -1.92. The molecule has 0 unspecified atom stereocenters. The zero-order valence-electron chi connectivity index (χ0n) is 12.7. The molecule has 2 aromatic carbocycles. The molecule has 0 N–H and O–H groups in total. The van der Waals surface area contributed by atoms with Gasteiger partial charge in [-0.2, -0.15) is 8.42 Å². The van der Waals surface area contributed by atoms with Gasteiger partial charge in [0.15, 0.2) is 0 Å². The highest BCUT2D eigenvalue weighted by molar-refractivity contribution is 7.85. The van der Waals surface area contributed by atoms with Crippen molar-refractivity contribution >= 4 is 27.4 Å². The van der Waals surface area contributed by atoms with E-state index in [0.29, 0.717) is 40.3 Å². The summed E-state index contributed by atoms with van der Waals surface area (Å²) in [4.78, 5) is 0. The lowest BCUT2D eigenvalue weighted by atomic mass is 9.90. The molecule has 0 aliphatic heterocycles. The van der Waals surface area contributed by atoms with Gasteiger partial charge in [0.2, 0.25) is 0 Å². The van der Waals surface area contributed by atoms with Crippen LogP contribution in [0.5, 0.6) is 0 Å². The summed E-state index contributed by atoms with van der Waals surface area (Å²) in [6, 6.07) is 11.5. The average molecular weight is 368 g/mol. The van der Waals surface area contributed by atoms with Crippen molar-refractivity contribution in [3.05, 3.63) is 70.0 Å². The van der Waals surface area contributed by atoms with Crippen LogP contribution in [-0.2, 0) is 26.6 Å². The lowest BCUT2D eigenvalue weighted by Crippen LogP contribution is -2.16. The molecule has 0 atom stereocenters. The third-order valence-electron chi connectivity index (χ3n) is 3.73. The first kappa shape index (κ1) is 16.9. The van der Waals surface area contributed by atoms with Gasteiger partial charge in [0, 0.05) is 10.6 Å². The van der Waals surface area contributed by atoms with E-state index >= 15 is 0 Å². The van der Waals surface area contributed by atoms with Gasteiger partial charge < -0.3 is 0 Å². The predicted octanol–water partition coefficient (Wildman–Crippen LogP) is 4.07.